The zero-order valence-electron chi connectivity index (χ0n) is 14.3. The van der Waals surface area contributed by atoms with Gasteiger partial charge in [-0.05, 0) is 36.8 Å². The van der Waals surface area contributed by atoms with Gasteiger partial charge in [0.05, 0.1) is 16.7 Å². The Morgan fingerprint density at radius 1 is 1.11 bits per heavy atom. The lowest BCUT2D eigenvalue weighted by Crippen LogP contribution is -2.24. The van der Waals surface area contributed by atoms with Gasteiger partial charge in [0.1, 0.15) is 0 Å². The minimum Gasteiger partial charge on any atom is -0.504 e. The number of carbonyl (C=O) groups is 1. The average Bonchev–Trinajstić information content (AvgIpc) is 2.67. The number of hydrogen-bond acceptors (Lipinski definition) is 7. The van der Waals surface area contributed by atoms with Crippen LogP contribution in [-0.2, 0) is 6.54 Å². The maximum atomic E-state index is 12.7. The number of aromatic nitrogens is 2. The molecule has 2 aromatic carbocycles. The number of hydrogen-bond donors (Lipinski definition) is 3. The van der Waals surface area contributed by atoms with Crippen LogP contribution in [0.4, 0.5) is 0 Å². The smallest absolute Gasteiger partial charge is 0.262 e. The lowest BCUT2D eigenvalue weighted by Gasteiger charge is -2.12. The molecule has 0 aliphatic carbocycles. The number of ketones is 1. The second-order valence-electron chi connectivity index (χ2n) is 5.86. The van der Waals surface area contributed by atoms with Crippen molar-refractivity contribution in [1.29, 1.82) is 0 Å². The van der Waals surface area contributed by atoms with E-state index in [4.69, 9.17) is 5.11 Å². The number of carbonyl (C=O) groups excluding carboxylic acids is 1. The fourth-order valence-corrected chi connectivity index (χ4v) is 3.51. The minimum absolute atomic E-state index is 0.00806. The summed E-state index contributed by atoms with van der Waals surface area (Å²) in [6, 6.07) is 10.8. The molecular weight excluding hydrogens is 368 g/mol. The zero-order chi connectivity index (χ0) is 19.4. The Hall–Kier alpha value is -2.84. The van der Waals surface area contributed by atoms with Crippen molar-refractivity contribution in [3.05, 3.63) is 58.4 Å². The van der Waals surface area contributed by atoms with Crippen molar-refractivity contribution in [2.45, 2.75) is 18.1 Å². The molecule has 0 fully saturated rings. The molecule has 0 aliphatic heterocycles. The largest absolute Gasteiger partial charge is 0.504 e. The average molecular weight is 386 g/mol. The van der Waals surface area contributed by atoms with E-state index in [1.165, 1.54) is 22.8 Å². The number of nitrogens with zero attached hydrogens (tertiary/aromatic N) is 2. The highest BCUT2D eigenvalue weighted by molar-refractivity contribution is 7.99. The van der Waals surface area contributed by atoms with Crippen LogP contribution in [0.3, 0.4) is 0 Å². The summed E-state index contributed by atoms with van der Waals surface area (Å²) in [5, 5.41) is 28.9. The van der Waals surface area contributed by atoms with Crippen molar-refractivity contribution in [3.8, 4) is 11.5 Å². The molecule has 0 bridgehead atoms. The van der Waals surface area contributed by atoms with Crippen LogP contribution in [0.25, 0.3) is 10.9 Å². The molecule has 0 saturated heterocycles. The summed E-state index contributed by atoms with van der Waals surface area (Å²) >= 11 is 1.12. The third kappa shape index (κ3) is 4.12. The maximum absolute atomic E-state index is 12.7. The Morgan fingerprint density at radius 3 is 2.63 bits per heavy atom. The summed E-state index contributed by atoms with van der Waals surface area (Å²) in [5.74, 6) is -0.928. The first-order valence-corrected chi connectivity index (χ1v) is 9.28. The Kier molecular flexibility index (Phi) is 5.78. The van der Waals surface area contributed by atoms with Gasteiger partial charge in [-0.3, -0.25) is 14.2 Å². The highest BCUT2D eigenvalue weighted by Gasteiger charge is 2.15. The molecule has 0 aliphatic rings. The van der Waals surface area contributed by atoms with Crippen LogP contribution in [0.2, 0.25) is 0 Å². The van der Waals surface area contributed by atoms with E-state index in [0.29, 0.717) is 29.0 Å². The van der Waals surface area contributed by atoms with Crippen molar-refractivity contribution < 1.29 is 20.1 Å². The van der Waals surface area contributed by atoms with Gasteiger partial charge in [0.25, 0.3) is 5.56 Å². The Balaban J connectivity index is 1.89. The highest BCUT2D eigenvalue weighted by Crippen LogP contribution is 2.26. The normalized spacial score (nSPS) is 11.0. The highest BCUT2D eigenvalue weighted by atomic mass is 32.2. The predicted octanol–water partition coefficient (Wildman–Crippen LogP) is 2.17. The lowest BCUT2D eigenvalue weighted by atomic mass is 10.1. The summed E-state index contributed by atoms with van der Waals surface area (Å²) in [6.45, 7) is 0.235. The molecule has 27 heavy (non-hydrogen) atoms. The topological polar surface area (TPSA) is 113 Å². The van der Waals surface area contributed by atoms with Gasteiger partial charge in [-0.15, -0.1) is 0 Å². The van der Waals surface area contributed by atoms with Gasteiger partial charge in [0.15, 0.2) is 22.4 Å². The van der Waals surface area contributed by atoms with Crippen molar-refractivity contribution in [2.75, 3.05) is 12.4 Å². The lowest BCUT2D eigenvalue weighted by molar-refractivity contribution is 0.102. The van der Waals surface area contributed by atoms with Crippen LogP contribution in [0.15, 0.2) is 52.4 Å². The number of phenolic OH excluding ortho intramolecular Hbond substituents is 2. The van der Waals surface area contributed by atoms with Crippen LogP contribution in [0.5, 0.6) is 11.5 Å². The number of aliphatic hydroxyl groups is 1. The molecular formula is C19H18N2O5S. The second-order valence-corrected chi connectivity index (χ2v) is 6.80. The zero-order valence-corrected chi connectivity index (χ0v) is 15.1. The summed E-state index contributed by atoms with van der Waals surface area (Å²) < 4.78 is 1.46. The monoisotopic (exact) mass is 386 g/mol. The minimum atomic E-state index is -0.366. The predicted molar refractivity (Wildman–Crippen MR) is 103 cm³/mol. The van der Waals surface area contributed by atoms with Crippen molar-refractivity contribution in [2.24, 2.45) is 0 Å². The Labute approximate surface area is 158 Å². The molecule has 0 spiro atoms. The van der Waals surface area contributed by atoms with Crippen LogP contribution in [0.1, 0.15) is 16.8 Å². The van der Waals surface area contributed by atoms with Gasteiger partial charge in [-0.1, -0.05) is 23.9 Å². The van der Waals surface area contributed by atoms with Crippen LogP contribution in [-0.4, -0.2) is 43.0 Å². The SMILES string of the molecule is O=C(CSc1nc2ccccc2c(=O)n1CCCO)c1ccc(O)c(O)c1. The number of thioether (sulfide) groups is 1. The number of para-hydroxylation sites is 1. The first-order valence-electron chi connectivity index (χ1n) is 8.29. The Morgan fingerprint density at radius 2 is 1.89 bits per heavy atom. The number of aromatic hydroxyl groups is 2. The molecule has 0 radical (unpaired) electrons. The maximum Gasteiger partial charge on any atom is 0.262 e. The van der Waals surface area contributed by atoms with E-state index in [-0.39, 0.29) is 40.8 Å². The van der Waals surface area contributed by atoms with Crippen molar-refractivity contribution in [3.63, 3.8) is 0 Å². The fraction of sp³-hybridized carbons (Fsp3) is 0.211. The number of phenols is 2. The second kappa shape index (κ2) is 8.24. The van der Waals surface area contributed by atoms with Gasteiger partial charge < -0.3 is 15.3 Å². The fourth-order valence-electron chi connectivity index (χ4n) is 2.59. The summed E-state index contributed by atoms with van der Waals surface area (Å²) in [7, 11) is 0. The van der Waals surface area contributed by atoms with Crippen LogP contribution in [0, 0.1) is 0 Å². The third-order valence-electron chi connectivity index (χ3n) is 4.00. The van der Waals surface area contributed by atoms with Gasteiger partial charge in [0, 0.05) is 18.7 Å². The van der Waals surface area contributed by atoms with Gasteiger partial charge in [-0.2, -0.15) is 0 Å². The molecule has 1 heterocycles. The molecule has 7 nitrogen and oxygen atoms in total. The first kappa shape index (κ1) is 18.9. The number of Topliss-reactive ketones (excluding diaryl/α,β-unsaturated/α-hetero) is 1. The molecule has 0 unspecified atom stereocenters. The van der Waals surface area contributed by atoms with Crippen LogP contribution >= 0.6 is 11.8 Å². The molecule has 8 heteroatoms. The van der Waals surface area contributed by atoms with E-state index in [9.17, 15) is 19.8 Å². The quantitative estimate of drug-likeness (QED) is 0.247. The number of fused-ring (bicyclic) bond motifs is 1. The molecule has 1 aromatic heterocycles. The van der Waals surface area contributed by atoms with Crippen LogP contribution < -0.4 is 5.56 Å². The third-order valence-corrected chi connectivity index (χ3v) is 4.97. The van der Waals surface area contributed by atoms with E-state index in [1.54, 1.807) is 24.3 Å². The standard InChI is InChI=1S/C19H18N2O5S/c22-9-3-8-21-18(26)13-4-1-2-5-14(13)20-19(21)27-11-17(25)12-6-7-15(23)16(24)10-12/h1-2,4-7,10,22-24H,3,8-9,11H2. The first-order chi connectivity index (χ1) is 13.0. The van der Waals surface area contributed by atoms with E-state index >= 15 is 0 Å². The van der Waals surface area contributed by atoms with Gasteiger partial charge in [0.2, 0.25) is 0 Å². The molecule has 0 saturated carbocycles. The van der Waals surface area contributed by atoms with E-state index in [1.807, 2.05) is 0 Å². The molecule has 0 amide bonds. The Bertz CT molecular complexity index is 1050. The van der Waals surface area contributed by atoms with E-state index in [2.05, 4.69) is 4.98 Å². The molecule has 3 aromatic rings. The summed E-state index contributed by atoms with van der Waals surface area (Å²) in [5.41, 5.74) is 0.578. The molecule has 0 atom stereocenters. The molecule has 140 valence electrons. The van der Waals surface area contributed by atoms with Gasteiger partial charge in [-0.25, -0.2) is 4.98 Å². The van der Waals surface area contributed by atoms with Crippen molar-refractivity contribution in [1.82, 2.24) is 9.55 Å². The van der Waals surface area contributed by atoms with E-state index < -0.39 is 0 Å². The molecule has 3 rings (SSSR count). The van der Waals surface area contributed by atoms with Crippen molar-refractivity contribution >= 4 is 28.4 Å². The number of benzene rings is 2. The molecule has 3 N–H and O–H groups in total. The van der Waals surface area contributed by atoms with E-state index in [0.717, 1.165) is 11.8 Å². The van der Waals surface area contributed by atoms with Gasteiger partial charge >= 0.3 is 0 Å². The number of aliphatic hydroxyl groups excluding tert-OH is 1. The summed E-state index contributed by atoms with van der Waals surface area (Å²) in [6.07, 6.45) is 0.396. The summed E-state index contributed by atoms with van der Waals surface area (Å²) in [4.78, 5) is 29.6. The number of rotatable bonds is 7.